The minimum atomic E-state index is -0.647. The number of furan rings is 1. The fraction of sp³-hybridized carbons (Fsp3) is 0.125. The fourth-order valence-electron chi connectivity index (χ4n) is 3.07. The quantitative estimate of drug-likeness (QED) is 0.281. The van der Waals surface area contributed by atoms with Crippen molar-refractivity contribution >= 4 is 35.0 Å². The van der Waals surface area contributed by atoms with Crippen molar-refractivity contribution in [3.63, 3.8) is 0 Å². The Balaban J connectivity index is 1.54. The molecule has 1 aliphatic rings. The average Bonchev–Trinajstić information content (AvgIpc) is 3.42. The van der Waals surface area contributed by atoms with E-state index in [1.54, 1.807) is 37.3 Å². The number of hydrogen-bond donors (Lipinski definition) is 0. The zero-order chi connectivity index (χ0) is 22.5. The molecule has 2 amide bonds. The Morgan fingerprint density at radius 1 is 1.06 bits per heavy atom. The van der Waals surface area contributed by atoms with Crippen LogP contribution in [-0.4, -0.2) is 28.6 Å². The van der Waals surface area contributed by atoms with E-state index in [4.69, 9.17) is 13.9 Å². The highest BCUT2D eigenvalue weighted by atomic mass is 32.2. The summed E-state index contributed by atoms with van der Waals surface area (Å²) in [6, 6.07) is 17.3. The number of nitrogens with zero attached hydrogens (tertiary/aromatic N) is 1. The van der Waals surface area contributed by atoms with Crippen molar-refractivity contribution in [2.24, 2.45) is 0 Å². The molecule has 0 N–H and O–H groups in total. The Bertz CT molecular complexity index is 1170. The van der Waals surface area contributed by atoms with Crippen LogP contribution in [0.1, 0.15) is 28.6 Å². The second-order valence-electron chi connectivity index (χ2n) is 6.76. The highest BCUT2D eigenvalue weighted by Crippen LogP contribution is 2.35. The van der Waals surface area contributed by atoms with Gasteiger partial charge in [0.05, 0.1) is 24.3 Å². The summed E-state index contributed by atoms with van der Waals surface area (Å²) in [7, 11) is 0. The average molecular weight is 449 g/mol. The minimum absolute atomic E-state index is 0.0728. The number of hydrogen-bond acceptors (Lipinski definition) is 7. The number of rotatable bonds is 7. The van der Waals surface area contributed by atoms with Gasteiger partial charge in [-0.25, -0.2) is 4.79 Å². The Morgan fingerprint density at radius 2 is 1.88 bits per heavy atom. The number of amides is 2. The maximum Gasteiger partial charge on any atom is 0.379 e. The largest absolute Gasteiger partial charge is 0.490 e. The van der Waals surface area contributed by atoms with E-state index >= 15 is 0 Å². The number of ether oxygens (including phenoxy) is 2. The van der Waals surface area contributed by atoms with Crippen molar-refractivity contribution in [1.29, 1.82) is 0 Å². The van der Waals surface area contributed by atoms with Crippen molar-refractivity contribution in [2.75, 3.05) is 6.61 Å². The fourth-order valence-corrected chi connectivity index (χ4v) is 3.90. The first-order valence-electron chi connectivity index (χ1n) is 9.87. The maximum atomic E-state index is 12.8. The van der Waals surface area contributed by atoms with Gasteiger partial charge in [-0.15, -0.1) is 0 Å². The molecule has 8 heteroatoms. The Morgan fingerprint density at radius 3 is 2.59 bits per heavy atom. The number of esters is 1. The zero-order valence-corrected chi connectivity index (χ0v) is 18.0. The van der Waals surface area contributed by atoms with Crippen LogP contribution in [0.5, 0.6) is 11.5 Å². The maximum absolute atomic E-state index is 12.8. The van der Waals surface area contributed by atoms with Crippen LogP contribution in [-0.2, 0) is 11.3 Å². The van der Waals surface area contributed by atoms with Gasteiger partial charge in [0.2, 0.25) is 5.76 Å². The summed E-state index contributed by atoms with van der Waals surface area (Å²) in [6.07, 6.45) is 3.00. The molecule has 0 atom stereocenters. The van der Waals surface area contributed by atoms with Crippen molar-refractivity contribution in [1.82, 2.24) is 4.90 Å². The lowest BCUT2D eigenvalue weighted by Crippen LogP contribution is -2.27. The third kappa shape index (κ3) is 4.76. The summed E-state index contributed by atoms with van der Waals surface area (Å²) in [4.78, 5) is 38.9. The molecule has 162 valence electrons. The zero-order valence-electron chi connectivity index (χ0n) is 17.1. The number of carbonyl (C=O) groups is 3. The predicted octanol–water partition coefficient (Wildman–Crippen LogP) is 5.13. The van der Waals surface area contributed by atoms with Gasteiger partial charge in [-0.05, 0) is 60.2 Å². The second-order valence-corrected chi connectivity index (χ2v) is 7.75. The van der Waals surface area contributed by atoms with Crippen LogP contribution >= 0.6 is 11.8 Å². The molecule has 2 heterocycles. The normalized spacial score (nSPS) is 14.8. The molecule has 1 aliphatic heterocycles. The lowest BCUT2D eigenvalue weighted by molar-refractivity contribution is -0.123. The molecule has 7 nitrogen and oxygen atoms in total. The van der Waals surface area contributed by atoms with Crippen molar-refractivity contribution in [2.45, 2.75) is 13.5 Å². The third-order valence-corrected chi connectivity index (χ3v) is 5.45. The Labute approximate surface area is 188 Å². The second kappa shape index (κ2) is 9.57. The van der Waals surface area contributed by atoms with Crippen molar-refractivity contribution in [3.05, 3.63) is 88.7 Å². The first-order chi connectivity index (χ1) is 15.5. The number of benzene rings is 2. The lowest BCUT2D eigenvalue weighted by atomic mass is 10.1. The third-order valence-electron chi connectivity index (χ3n) is 4.55. The van der Waals surface area contributed by atoms with Gasteiger partial charge in [0.25, 0.3) is 11.1 Å². The topological polar surface area (TPSA) is 86.0 Å². The molecule has 1 aromatic heterocycles. The van der Waals surface area contributed by atoms with Crippen LogP contribution in [0.25, 0.3) is 6.08 Å². The summed E-state index contributed by atoms with van der Waals surface area (Å²) < 4.78 is 16.0. The highest BCUT2D eigenvalue weighted by Gasteiger charge is 2.35. The molecule has 2 aromatic carbocycles. The molecule has 1 saturated heterocycles. The predicted molar refractivity (Wildman–Crippen MR) is 119 cm³/mol. The summed E-state index contributed by atoms with van der Waals surface area (Å²) in [5.41, 5.74) is 1.51. The van der Waals surface area contributed by atoms with E-state index < -0.39 is 5.97 Å². The van der Waals surface area contributed by atoms with Crippen LogP contribution < -0.4 is 9.47 Å². The summed E-state index contributed by atoms with van der Waals surface area (Å²) >= 11 is 0.888. The smallest absolute Gasteiger partial charge is 0.379 e. The van der Waals surface area contributed by atoms with Crippen LogP contribution in [0.2, 0.25) is 0 Å². The molecular weight excluding hydrogens is 430 g/mol. The number of thioether (sulfide) groups is 1. The Kier molecular flexibility index (Phi) is 6.42. The number of carbonyl (C=O) groups excluding carboxylic acids is 3. The van der Waals surface area contributed by atoms with E-state index in [0.717, 1.165) is 17.3 Å². The van der Waals surface area contributed by atoms with Crippen LogP contribution in [0.15, 0.2) is 76.2 Å². The van der Waals surface area contributed by atoms with Gasteiger partial charge in [0.1, 0.15) is 0 Å². The van der Waals surface area contributed by atoms with Gasteiger partial charge >= 0.3 is 5.97 Å². The standard InChI is InChI=1S/C24H19NO6S/c1-2-29-20-13-17(10-11-18(20)31-23(27)19-9-6-12-30-19)14-21-22(26)25(24(28)32-21)15-16-7-4-3-5-8-16/h3-14H,2,15H2,1H3/b21-14-. The van der Waals surface area contributed by atoms with Gasteiger partial charge < -0.3 is 13.9 Å². The van der Waals surface area contributed by atoms with E-state index in [1.807, 2.05) is 30.3 Å². The van der Waals surface area contributed by atoms with Crippen LogP contribution in [0.3, 0.4) is 0 Å². The molecule has 0 saturated carbocycles. The first-order valence-corrected chi connectivity index (χ1v) is 10.7. The van der Waals surface area contributed by atoms with E-state index in [0.29, 0.717) is 22.8 Å². The van der Waals surface area contributed by atoms with Crippen LogP contribution in [0.4, 0.5) is 4.79 Å². The van der Waals surface area contributed by atoms with Gasteiger partial charge in [0.15, 0.2) is 11.5 Å². The van der Waals surface area contributed by atoms with Gasteiger partial charge in [-0.3, -0.25) is 14.5 Å². The molecule has 3 aromatic rings. The van der Waals surface area contributed by atoms with E-state index in [9.17, 15) is 14.4 Å². The molecule has 0 radical (unpaired) electrons. The van der Waals surface area contributed by atoms with Crippen molar-refractivity contribution < 1.29 is 28.3 Å². The molecule has 4 rings (SSSR count). The SMILES string of the molecule is CCOc1cc(/C=C2\SC(=O)N(Cc3ccccc3)C2=O)ccc1OC(=O)c1ccco1. The molecule has 32 heavy (non-hydrogen) atoms. The molecule has 0 spiro atoms. The van der Waals surface area contributed by atoms with Gasteiger partial charge in [-0.1, -0.05) is 36.4 Å². The highest BCUT2D eigenvalue weighted by molar-refractivity contribution is 8.18. The molecule has 0 aliphatic carbocycles. The van der Waals surface area contributed by atoms with Gasteiger partial charge in [0, 0.05) is 0 Å². The molecular formula is C24H19NO6S. The van der Waals surface area contributed by atoms with E-state index in [2.05, 4.69) is 0 Å². The molecule has 1 fully saturated rings. The Hall–Kier alpha value is -3.78. The minimum Gasteiger partial charge on any atom is -0.490 e. The molecule has 0 bridgehead atoms. The number of imide groups is 1. The van der Waals surface area contributed by atoms with Gasteiger partial charge in [-0.2, -0.15) is 0 Å². The lowest BCUT2D eigenvalue weighted by Gasteiger charge is -2.12. The molecule has 0 unspecified atom stereocenters. The monoisotopic (exact) mass is 449 g/mol. The summed E-state index contributed by atoms with van der Waals surface area (Å²) in [5, 5.41) is -0.320. The van der Waals surface area contributed by atoms with Crippen molar-refractivity contribution in [3.8, 4) is 11.5 Å². The summed E-state index contributed by atoms with van der Waals surface area (Å²) in [6.45, 7) is 2.37. The van der Waals surface area contributed by atoms with E-state index in [1.165, 1.54) is 17.2 Å². The van der Waals surface area contributed by atoms with Crippen LogP contribution in [0, 0.1) is 0 Å². The van der Waals surface area contributed by atoms with E-state index in [-0.39, 0.29) is 29.2 Å². The first kappa shape index (κ1) is 21.5. The summed E-state index contributed by atoms with van der Waals surface area (Å²) in [5.74, 6) is -0.364.